The summed E-state index contributed by atoms with van der Waals surface area (Å²) in [4.78, 5) is 24.4. The van der Waals surface area contributed by atoms with Gasteiger partial charge in [-0.25, -0.2) is 0 Å². The van der Waals surface area contributed by atoms with Crippen LogP contribution in [-0.2, 0) is 9.59 Å². The molecule has 0 aromatic heterocycles. The first-order chi connectivity index (χ1) is 22.7. The van der Waals surface area contributed by atoms with Crippen LogP contribution in [0.15, 0.2) is 0 Å². The predicted molar refractivity (Wildman–Crippen MR) is 230 cm³/mol. The number of aliphatic hydroxyl groups is 1. The first kappa shape index (κ1) is 41.6. The van der Waals surface area contributed by atoms with Crippen molar-refractivity contribution in [1.82, 2.24) is 0 Å². The van der Waals surface area contributed by atoms with Crippen molar-refractivity contribution in [3.8, 4) is 0 Å². The minimum atomic E-state index is -0.0490. The minimum Gasteiger partial charge on any atom is -0.393 e. The van der Waals surface area contributed by atoms with E-state index in [1.807, 2.05) is 13.8 Å². The third-order valence-electron chi connectivity index (χ3n) is 18.5. The van der Waals surface area contributed by atoms with Gasteiger partial charge in [0.05, 0.1) is 6.10 Å². The third-order valence-corrected chi connectivity index (χ3v) is 18.5. The first-order valence-corrected chi connectivity index (χ1v) is 26.8. The Morgan fingerprint density at radius 3 is 1.37 bits per heavy atom. The molecule has 3 nitrogen and oxygen atoms in total. The Labute approximate surface area is 341 Å². The molecule has 0 aromatic carbocycles. The summed E-state index contributed by atoms with van der Waals surface area (Å²) in [5, 5.41) is 10.1. The molecule has 1 N–H and O–H groups in total. The van der Waals surface area contributed by atoms with Crippen molar-refractivity contribution < 1.29 is 14.7 Å². The summed E-state index contributed by atoms with van der Waals surface area (Å²) in [6.07, 6.45) is 23.5. The molecule has 8 aliphatic rings. The van der Waals surface area contributed by atoms with Crippen LogP contribution in [0.2, 0.25) is 0 Å². The van der Waals surface area contributed by atoms with Crippen molar-refractivity contribution in [3.05, 3.63) is 0 Å². The summed E-state index contributed by atoms with van der Waals surface area (Å²) >= 11 is 4.24. The molecule has 0 amide bonds. The molecular weight excluding hydrogens is 945 g/mol. The molecule has 8 aliphatic carbocycles. The lowest BCUT2D eigenvalue weighted by Gasteiger charge is -2.61. The summed E-state index contributed by atoms with van der Waals surface area (Å²) in [6.45, 7) is 16.3. The first-order valence-electron chi connectivity index (χ1n) is 20.6. The van der Waals surface area contributed by atoms with Gasteiger partial charge < -0.3 is 5.11 Å². The van der Waals surface area contributed by atoms with Crippen molar-refractivity contribution in [2.24, 2.45) is 86.8 Å². The highest BCUT2D eigenvalue weighted by Gasteiger charge is 2.62. The van der Waals surface area contributed by atoms with Crippen LogP contribution in [0.25, 0.3) is 0 Å². The number of hydrogen-bond acceptors (Lipinski definition) is 3. The normalized spacial score (nSPS) is 52.4. The lowest BCUT2D eigenvalue weighted by Crippen LogP contribution is -2.54. The average Bonchev–Trinajstić information content (AvgIpc) is 3.60. The quantitative estimate of drug-likeness (QED) is 0.281. The Morgan fingerprint density at radius 2 is 0.918 bits per heavy atom. The fourth-order valence-corrected chi connectivity index (χ4v) is 16.0. The van der Waals surface area contributed by atoms with Crippen LogP contribution in [-0.4, -0.2) is 22.8 Å². The summed E-state index contributed by atoms with van der Waals surface area (Å²) < 4.78 is 0. The van der Waals surface area contributed by atoms with E-state index in [0.717, 1.165) is 72.5 Å². The predicted octanol–water partition coefficient (Wildman–Crippen LogP) is 12.9. The van der Waals surface area contributed by atoms with Gasteiger partial charge in [0.25, 0.3) is 0 Å². The van der Waals surface area contributed by atoms with Gasteiger partial charge in [0.1, 0.15) is 11.6 Å². The number of rotatable bonds is 2. The lowest BCUT2D eigenvalue weighted by molar-refractivity contribution is -0.138. The lowest BCUT2D eigenvalue weighted by atomic mass is 9.44. The Balaban J connectivity index is 0.000000179. The standard InChI is InChI=1S/C22H36O.C21H34O2.I2.HI/c1-14-9-11-21(3)16(13-14)5-6-17-19-8-7-18(15(2)23)22(19,4)12-10-20(17)21;1-13(22)17-6-7-18-16-5-4-14-12-15(23)8-10-20(14,2)19(16)9-11-21(17,18)3;1-2;/h14,16-20H,5-13H2,1-4H3;14-19,23H,4-12H2,1-3H3;;1H/t14-,16+,17?,18-,19?,20?,21+,22-;14-,15-,16?,17+,18?,19?,20-,21+;;/m10../s1. The van der Waals surface area contributed by atoms with Crippen LogP contribution in [0.4, 0.5) is 0 Å². The number of ketones is 2. The third kappa shape index (κ3) is 7.09. The van der Waals surface area contributed by atoms with Crippen molar-refractivity contribution in [3.63, 3.8) is 0 Å². The van der Waals surface area contributed by atoms with E-state index in [9.17, 15) is 14.7 Å². The molecule has 0 heterocycles. The molecule has 0 bridgehead atoms. The van der Waals surface area contributed by atoms with Crippen molar-refractivity contribution in [2.75, 3.05) is 0 Å². The average molecular weight is 1020 g/mol. The van der Waals surface area contributed by atoms with Crippen LogP contribution in [0.3, 0.4) is 0 Å². The molecule has 0 radical (unpaired) electrons. The van der Waals surface area contributed by atoms with Gasteiger partial charge in [-0.15, -0.1) is 24.0 Å². The van der Waals surface area contributed by atoms with E-state index in [1.54, 1.807) is 0 Å². The van der Waals surface area contributed by atoms with E-state index in [4.69, 9.17) is 0 Å². The summed E-state index contributed by atoms with van der Waals surface area (Å²) in [5.74, 6) is 9.46. The monoisotopic (exact) mass is 1020 g/mol. The summed E-state index contributed by atoms with van der Waals surface area (Å²) in [5.41, 5.74) is 1.69. The molecule has 282 valence electrons. The maximum Gasteiger partial charge on any atom is 0.133 e. The number of hydrogen-bond donors (Lipinski definition) is 1. The van der Waals surface area contributed by atoms with Crippen LogP contribution in [0.1, 0.15) is 164 Å². The topological polar surface area (TPSA) is 54.4 Å². The number of fused-ring (bicyclic) bond motifs is 10. The number of aliphatic hydroxyl groups excluding tert-OH is 1. The molecule has 6 unspecified atom stereocenters. The fourth-order valence-electron chi connectivity index (χ4n) is 16.0. The highest BCUT2D eigenvalue weighted by molar-refractivity contribution is 15.0. The zero-order valence-corrected chi connectivity index (χ0v) is 38.7. The van der Waals surface area contributed by atoms with Crippen molar-refractivity contribution in [1.29, 1.82) is 0 Å². The van der Waals surface area contributed by atoms with E-state index in [-0.39, 0.29) is 35.5 Å². The zero-order valence-electron chi connectivity index (χ0n) is 32.1. The Kier molecular flexibility index (Phi) is 13.5. The minimum absolute atomic E-state index is 0. The van der Waals surface area contributed by atoms with E-state index < -0.39 is 0 Å². The maximum atomic E-state index is 12.2. The van der Waals surface area contributed by atoms with Gasteiger partial charge in [-0.1, -0.05) is 41.0 Å². The molecule has 0 aromatic rings. The van der Waals surface area contributed by atoms with E-state index >= 15 is 0 Å². The Hall–Kier alpha value is 1.49. The maximum absolute atomic E-state index is 12.2. The highest BCUT2D eigenvalue weighted by atomic mass is 128. The number of carbonyl (C=O) groups is 2. The second kappa shape index (κ2) is 15.9. The highest BCUT2D eigenvalue weighted by Crippen LogP contribution is 2.69. The molecule has 0 spiro atoms. The largest absolute Gasteiger partial charge is 0.393 e. The molecule has 8 rings (SSSR count). The van der Waals surface area contributed by atoms with Gasteiger partial charge in [0.2, 0.25) is 0 Å². The van der Waals surface area contributed by atoms with Gasteiger partial charge in [0, 0.05) is 49.1 Å². The molecule has 0 aliphatic heterocycles. The Bertz CT molecular complexity index is 1100. The second-order valence-electron chi connectivity index (χ2n) is 20.2. The van der Waals surface area contributed by atoms with Crippen molar-refractivity contribution >= 4 is 72.8 Å². The number of halogens is 3. The van der Waals surface area contributed by atoms with Gasteiger partial charge in [-0.05, 0) is 198 Å². The van der Waals surface area contributed by atoms with Gasteiger partial charge in [0.15, 0.2) is 0 Å². The van der Waals surface area contributed by atoms with Gasteiger partial charge in [-0.3, -0.25) is 9.59 Å². The smallest absolute Gasteiger partial charge is 0.133 e. The molecule has 16 atom stereocenters. The van der Waals surface area contributed by atoms with Crippen LogP contribution < -0.4 is 0 Å². The van der Waals surface area contributed by atoms with Crippen molar-refractivity contribution in [2.45, 2.75) is 170 Å². The van der Waals surface area contributed by atoms with Crippen LogP contribution in [0, 0.1) is 86.8 Å². The number of carbonyl (C=O) groups excluding carboxylic acids is 2. The molecule has 0 saturated heterocycles. The molecule has 6 heteroatoms. The van der Waals surface area contributed by atoms with Crippen LogP contribution in [0.5, 0.6) is 0 Å². The molecule has 49 heavy (non-hydrogen) atoms. The summed E-state index contributed by atoms with van der Waals surface area (Å²) in [7, 11) is 0. The molecule has 8 saturated carbocycles. The second-order valence-corrected chi connectivity index (χ2v) is 20.2. The molecule has 8 fully saturated rings. The van der Waals surface area contributed by atoms with E-state index in [1.165, 1.54) is 96.3 Å². The van der Waals surface area contributed by atoms with E-state index in [2.05, 4.69) is 71.9 Å². The van der Waals surface area contributed by atoms with Gasteiger partial charge >= 0.3 is 0 Å². The van der Waals surface area contributed by atoms with Crippen LogP contribution >= 0.6 is 61.2 Å². The van der Waals surface area contributed by atoms with Gasteiger partial charge in [-0.2, -0.15) is 0 Å². The Morgan fingerprint density at radius 1 is 0.531 bits per heavy atom. The number of Topliss-reactive ketones (excluding diaryl/α,β-unsaturated/α-hetero) is 2. The van der Waals surface area contributed by atoms with E-state index in [0.29, 0.717) is 39.6 Å². The zero-order chi connectivity index (χ0) is 34.8. The fraction of sp³-hybridized carbons (Fsp3) is 0.953. The SMILES string of the molecule is CC(=O)[C@H]1CCC2C3CC[C@H]4C[C@@H](O)CC[C@]4(C)C3CC[C@@]21C.CC(=O)[C@H]1CCC2C3CC[C@H]4C[C@H](C)CC[C@]4(C)C3CC[C@@]21C.I.II. The summed E-state index contributed by atoms with van der Waals surface area (Å²) in [6, 6.07) is 0. The molecular formula is C43H71I3O3.